The zero-order chi connectivity index (χ0) is 28.7. The minimum absolute atomic E-state index is 0.0429. The van der Waals surface area contributed by atoms with Crippen LogP contribution in [0.4, 0.5) is 9.93 Å². The molecule has 17 heteroatoms. The molecule has 1 aromatic heterocycles. The molecule has 3 rings (SSSR count). The molecule has 0 radical (unpaired) electrons. The van der Waals surface area contributed by atoms with E-state index in [1.165, 1.54) is 43.2 Å². The Labute approximate surface area is 231 Å². The number of carbonyl (C=O) groups excluding carboxylic acids is 5. The van der Waals surface area contributed by atoms with E-state index < -0.39 is 47.7 Å². The van der Waals surface area contributed by atoms with Gasteiger partial charge in [0, 0.05) is 25.2 Å². The molecule has 2 unspecified atom stereocenters. The van der Waals surface area contributed by atoms with Gasteiger partial charge >= 0.3 is 12.1 Å². The zero-order valence-corrected chi connectivity index (χ0v) is 23.3. The van der Waals surface area contributed by atoms with Crippen molar-refractivity contribution in [1.82, 2.24) is 15.2 Å². The van der Waals surface area contributed by atoms with Crippen molar-refractivity contribution in [3.63, 3.8) is 0 Å². The van der Waals surface area contributed by atoms with E-state index in [-0.39, 0.29) is 28.8 Å². The Kier molecular flexibility index (Phi) is 10.2. The molecule has 0 aromatic carbocycles. The van der Waals surface area contributed by atoms with Crippen molar-refractivity contribution in [2.45, 2.75) is 44.6 Å². The summed E-state index contributed by atoms with van der Waals surface area (Å²) < 4.78 is 20.2. The van der Waals surface area contributed by atoms with Crippen LogP contribution in [0.5, 0.6) is 0 Å². The Morgan fingerprint density at radius 2 is 1.97 bits per heavy atom. The summed E-state index contributed by atoms with van der Waals surface area (Å²) in [6.45, 7) is 4.64. The highest BCUT2D eigenvalue weighted by Crippen LogP contribution is 2.41. The van der Waals surface area contributed by atoms with Crippen molar-refractivity contribution in [1.29, 1.82) is 0 Å². The smallest absolute Gasteiger partial charge is 0.431 e. The first kappa shape index (κ1) is 29.9. The van der Waals surface area contributed by atoms with Crippen LogP contribution in [0.25, 0.3) is 0 Å². The van der Waals surface area contributed by atoms with Crippen LogP contribution in [0.2, 0.25) is 0 Å². The van der Waals surface area contributed by atoms with E-state index in [0.717, 1.165) is 11.3 Å². The van der Waals surface area contributed by atoms with Gasteiger partial charge in [-0.1, -0.05) is 5.16 Å². The number of aromatic nitrogens is 1. The second kappa shape index (κ2) is 13.4. The van der Waals surface area contributed by atoms with Crippen LogP contribution < -0.4 is 10.6 Å². The van der Waals surface area contributed by atoms with Gasteiger partial charge in [-0.2, -0.15) is 0 Å². The largest absolute Gasteiger partial charge is 0.511 e. The monoisotopic (exact) mass is 585 g/mol. The molecule has 1 saturated heterocycles. The second-order valence-corrected chi connectivity index (χ2v) is 10.1. The van der Waals surface area contributed by atoms with Gasteiger partial charge in [0.2, 0.25) is 12.7 Å². The molecule has 1 aromatic rings. The molecule has 2 aliphatic heterocycles. The van der Waals surface area contributed by atoms with Gasteiger partial charge in [-0.05, 0) is 19.4 Å². The van der Waals surface area contributed by atoms with Gasteiger partial charge < -0.3 is 34.4 Å². The normalized spacial score (nSPS) is 19.5. The van der Waals surface area contributed by atoms with Crippen LogP contribution in [-0.2, 0) is 43.0 Å². The Morgan fingerprint density at radius 3 is 2.62 bits per heavy atom. The number of fused-ring (bicyclic) bond motifs is 1. The van der Waals surface area contributed by atoms with Crippen LogP contribution in [-0.4, -0.2) is 96.3 Å². The molecule has 0 saturated carbocycles. The van der Waals surface area contributed by atoms with E-state index in [9.17, 15) is 24.0 Å². The summed E-state index contributed by atoms with van der Waals surface area (Å²) in [6.07, 6.45) is -2.31. The van der Waals surface area contributed by atoms with Gasteiger partial charge in [-0.15, -0.1) is 23.1 Å². The Morgan fingerprint density at radius 1 is 1.23 bits per heavy atom. The molecular formula is C22H27N5O10S2. The number of nitrogens with zero attached hydrogens (tertiary/aromatic N) is 3. The molecule has 0 aliphatic carbocycles. The molecule has 0 bridgehead atoms. The highest BCUT2D eigenvalue weighted by atomic mass is 32.2. The first-order chi connectivity index (χ1) is 18.6. The molecule has 15 nitrogen and oxygen atoms in total. The van der Waals surface area contributed by atoms with Gasteiger partial charge in [0.1, 0.15) is 29.9 Å². The van der Waals surface area contributed by atoms with E-state index in [1.807, 2.05) is 0 Å². The summed E-state index contributed by atoms with van der Waals surface area (Å²) in [5, 5.41) is 9.77. The van der Waals surface area contributed by atoms with E-state index in [1.54, 1.807) is 13.8 Å². The molecule has 2 N–H and O–H groups in total. The zero-order valence-electron chi connectivity index (χ0n) is 21.6. The fourth-order valence-electron chi connectivity index (χ4n) is 3.55. The first-order valence-electron chi connectivity index (χ1n) is 11.4. The molecular weight excluding hydrogens is 558 g/mol. The number of hydrogen-bond donors (Lipinski definition) is 2. The van der Waals surface area contributed by atoms with Crippen LogP contribution in [0.1, 0.15) is 26.5 Å². The minimum Gasteiger partial charge on any atom is -0.431 e. The summed E-state index contributed by atoms with van der Waals surface area (Å²) in [7, 11) is 2.68. The summed E-state index contributed by atoms with van der Waals surface area (Å²) in [4.78, 5) is 71.7. The SMILES string of the molecule is COCC1=C(C(=O)OC(C)OC(=O)OC(C)C)N2C(=O)[C@@H](NC(=O)/C(=N\OC)c3csc(NC=O)n3)C2SC1. The number of carbonyl (C=O) groups is 5. The maximum absolute atomic E-state index is 13.2. The Balaban J connectivity index is 1.74. The number of thiazole rings is 1. The molecule has 1 fully saturated rings. The van der Waals surface area contributed by atoms with Crippen molar-refractivity contribution in [2.24, 2.45) is 5.16 Å². The summed E-state index contributed by atoms with van der Waals surface area (Å²) in [5.74, 6) is -1.93. The standard InChI is InChI=1S/C22H27N5O10S2/c1-10(2)35-22(32)37-11(3)36-20(31)16-12(6-33-4)7-38-19-15(18(30)27(16)19)25-17(29)14(26-34-5)13-8-39-21(24-13)23-9-28/h8-11,15,19H,6-7H2,1-5H3,(H,25,29)(H,23,24,28)/b26-14-/t11?,15-,19?/m1/s1. The van der Waals surface area contributed by atoms with Crippen molar-refractivity contribution in [3.8, 4) is 0 Å². The van der Waals surface area contributed by atoms with Crippen LogP contribution >= 0.6 is 23.1 Å². The predicted octanol–water partition coefficient (Wildman–Crippen LogP) is 0.813. The van der Waals surface area contributed by atoms with Crippen molar-refractivity contribution in [2.75, 3.05) is 31.9 Å². The lowest BCUT2D eigenvalue weighted by molar-refractivity contribution is -0.169. The van der Waals surface area contributed by atoms with E-state index in [4.69, 9.17) is 23.8 Å². The molecule has 3 atom stereocenters. The number of rotatable bonds is 12. The Bertz CT molecular complexity index is 1180. The average molecular weight is 586 g/mol. The number of anilines is 1. The van der Waals surface area contributed by atoms with Gasteiger partial charge in [0.05, 0.1) is 12.7 Å². The third-order valence-corrected chi connectivity index (χ3v) is 7.15. The number of oxime groups is 1. The maximum Gasteiger partial charge on any atom is 0.511 e. The first-order valence-corrected chi connectivity index (χ1v) is 13.4. The molecule has 39 heavy (non-hydrogen) atoms. The molecule has 2 aliphatic rings. The topological polar surface area (TPSA) is 184 Å². The maximum atomic E-state index is 13.2. The number of esters is 1. The quantitative estimate of drug-likeness (QED) is 0.0880. The lowest BCUT2D eigenvalue weighted by Gasteiger charge is -2.49. The van der Waals surface area contributed by atoms with Crippen LogP contribution in [0, 0.1) is 0 Å². The third-order valence-electron chi connectivity index (χ3n) is 5.04. The second-order valence-electron chi connectivity index (χ2n) is 8.18. The number of ether oxygens (including phenoxy) is 4. The number of β-lactam (4-membered cyclic amide) rings is 1. The predicted molar refractivity (Wildman–Crippen MR) is 138 cm³/mol. The highest BCUT2D eigenvalue weighted by Gasteiger charge is 2.55. The lowest BCUT2D eigenvalue weighted by atomic mass is 10.0. The number of methoxy groups -OCH3 is 1. The number of hydrogen-bond acceptors (Lipinski definition) is 14. The average Bonchev–Trinajstić information content (AvgIpc) is 3.33. The van der Waals surface area contributed by atoms with Gasteiger partial charge in [-0.25, -0.2) is 14.6 Å². The third kappa shape index (κ3) is 7.04. The number of amides is 3. The van der Waals surface area contributed by atoms with Crippen molar-refractivity contribution < 1.29 is 47.8 Å². The Hall–Kier alpha value is -3.70. The lowest BCUT2D eigenvalue weighted by Crippen LogP contribution is -2.71. The van der Waals surface area contributed by atoms with E-state index in [2.05, 4.69) is 20.8 Å². The van der Waals surface area contributed by atoms with Crippen molar-refractivity contribution >= 4 is 64.3 Å². The van der Waals surface area contributed by atoms with Gasteiger partial charge in [-0.3, -0.25) is 19.3 Å². The molecule has 212 valence electrons. The minimum atomic E-state index is -1.30. The van der Waals surface area contributed by atoms with Gasteiger partial charge in [0.15, 0.2) is 10.8 Å². The van der Waals surface area contributed by atoms with E-state index in [0.29, 0.717) is 17.7 Å². The fraction of sp³-hybridized carbons (Fsp3) is 0.500. The van der Waals surface area contributed by atoms with Crippen LogP contribution in [0.15, 0.2) is 21.8 Å². The highest BCUT2D eigenvalue weighted by molar-refractivity contribution is 8.00. The van der Waals surface area contributed by atoms with Crippen molar-refractivity contribution in [3.05, 3.63) is 22.3 Å². The van der Waals surface area contributed by atoms with E-state index >= 15 is 0 Å². The number of thioether (sulfide) groups is 1. The van der Waals surface area contributed by atoms with Gasteiger partial charge in [0.25, 0.3) is 11.8 Å². The molecule has 3 heterocycles. The summed E-state index contributed by atoms with van der Waals surface area (Å²) in [5.41, 5.74) is 0.339. The molecule has 0 spiro atoms. The fourth-order valence-corrected chi connectivity index (χ4v) is 5.53. The summed E-state index contributed by atoms with van der Waals surface area (Å²) >= 11 is 2.37. The van der Waals surface area contributed by atoms with Crippen LogP contribution in [0.3, 0.4) is 0 Å². The number of nitrogens with one attached hydrogen (secondary N) is 2. The molecule has 3 amide bonds. The summed E-state index contributed by atoms with van der Waals surface area (Å²) in [6, 6.07) is -1.00.